The van der Waals surface area contributed by atoms with Crippen LogP contribution in [0, 0.1) is 0 Å². The van der Waals surface area contributed by atoms with Crippen LogP contribution in [0.3, 0.4) is 0 Å². The highest BCUT2D eigenvalue weighted by molar-refractivity contribution is 5.92. The number of hydrogen-bond donors (Lipinski definition) is 1. The molecule has 0 spiro atoms. The summed E-state index contributed by atoms with van der Waals surface area (Å²) < 4.78 is 1.79. The van der Waals surface area contributed by atoms with Crippen LogP contribution in [-0.4, -0.2) is 65.3 Å². The van der Waals surface area contributed by atoms with Crippen LogP contribution in [0.15, 0.2) is 0 Å². The summed E-state index contributed by atoms with van der Waals surface area (Å²) in [6, 6.07) is 0.558. The lowest BCUT2D eigenvalue weighted by molar-refractivity contribution is -0.117. The number of rotatable bonds is 6. The number of aryl methyl sites for hydroxylation is 2. The van der Waals surface area contributed by atoms with Crippen LogP contribution in [0.1, 0.15) is 31.5 Å². The minimum Gasteiger partial charge on any atom is -0.310 e. The summed E-state index contributed by atoms with van der Waals surface area (Å²) in [6.07, 6.45) is 2.91. The van der Waals surface area contributed by atoms with E-state index in [1.165, 1.54) is 0 Å². The molecule has 1 aromatic rings. The first-order valence-electron chi connectivity index (χ1n) is 8.19. The Bertz CT molecular complexity index is 523. The first kappa shape index (κ1) is 17.0. The van der Waals surface area contributed by atoms with Gasteiger partial charge in [-0.2, -0.15) is 5.10 Å². The maximum atomic E-state index is 12.4. The first-order chi connectivity index (χ1) is 10.5. The Labute approximate surface area is 133 Å². The van der Waals surface area contributed by atoms with E-state index in [0.717, 1.165) is 49.4 Å². The second-order valence-electron chi connectivity index (χ2n) is 6.29. The van der Waals surface area contributed by atoms with Crippen LogP contribution in [-0.2, 0) is 24.7 Å². The minimum atomic E-state index is 0.0553. The van der Waals surface area contributed by atoms with Gasteiger partial charge in [-0.15, -0.1) is 0 Å². The molecule has 0 radical (unpaired) electrons. The molecule has 0 bridgehead atoms. The number of aromatic nitrogens is 2. The number of anilines is 1. The summed E-state index contributed by atoms with van der Waals surface area (Å²) in [5.41, 5.74) is 2.24. The van der Waals surface area contributed by atoms with Crippen molar-refractivity contribution in [2.75, 3.05) is 39.0 Å². The predicted molar refractivity (Wildman–Crippen MR) is 89.1 cm³/mol. The summed E-state index contributed by atoms with van der Waals surface area (Å²) in [4.78, 5) is 16.8. The molecule has 1 atom stereocenters. The molecule has 6 heteroatoms. The molecule has 1 aliphatic rings. The third kappa shape index (κ3) is 3.67. The quantitative estimate of drug-likeness (QED) is 0.856. The van der Waals surface area contributed by atoms with Crippen molar-refractivity contribution in [3.8, 4) is 0 Å². The SMILES string of the molecule is CCc1nn(C)c(NC(=O)CN2CCC(N(C)C)C2)c1CC. The van der Waals surface area contributed by atoms with Gasteiger partial charge in [0.05, 0.1) is 12.2 Å². The Kier molecular flexibility index (Phi) is 5.58. The molecule has 1 aliphatic heterocycles. The Hall–Kier alpha value is -1.40. The van der Waals surface area contributed by atoms with E-state index in [2.05, 4.69) is 48.2 Å². The average molecular weight is 307 g/mol. The molecule has 1 aromatic heterocycles. The van der Waals surface area contributed by atoms with E-state index in [9.17, 15) is 4.79 Å². The van der Waals surface area contributed by atoms with E-state index >= 15 is 0 Å². The second kappa shape index (κ2) is 7.24. The third-order valence-corrected chi connectivity index (χ3v) is 4.52. The van der Waals surface area contributed by atoms with E-state index in [4.69, 9.17) is 0 Å². The van der Waals surface area contributed by atoms with Gasteiger partial charge in [-0.05, 0) is 33.4 Å². The highest BCUT2D eigenvalue weighted by Crippen LogP contribution is 2.21. The van der Waals surface area contributed by atoms with E-state index in [0.29, 0.717) is 12.6 Å². The summed E-state index contributed by atoms with van der Waals surface area (Å²) in [6.45, 7) is 6.61. The zero-order valence-electron chi connectivity index (χ0n) is 14.5. The molecule has 6 nitrogen and oxygen atoms in total. The summed E-state index contributed by atoms with van der Waals surface area (Å²) in [5.74, 6) is 0.910. The van der Waals surface area contributed by atoms with Crippen molar-refractivity contribution in [1.29, 1.82) is 0 Å². The fraction of sp³-hybridized carbons (Fsp3) is 0.750. The van der Waals surface area contributed by atoms with Crippen molar-refractivity contribution < 1.29 is 4.79 Å². The van der Waals surface area contributed by atoms with Gasteiger partial charge in [-0.3, -0.25) is 14.4 Å². The van der Waals surface area contributed by atoms with Crippen LogP contribution < -0.4 is 5.32 Å². The van der Waals surface area contributed by atoms with Gasteiger partial charge in [0.2, 0.25) is 5.91 Å². The normalized spacial score (nSPS) is 19.1. The smallest absolute Gasteiger partial charge is 0.239 e. The maximum Gasteiger partial charge on any atom is 0.239 e. The predicted octanol–water partition coefficient (Wildman–Crippen LogP) is 1.12. The number of likely N-dealkylation sites (N-methyl/N-ethyl adjacent to an activating group) is 1. The van der Waals surface area contributed by atoms with Gasteiger partial charge in [-0.1, -0.05) is 13.8 Å². The van der Waals surface area contributed by atoms with Crippen LogP contribution in [0.4, 0.5) is 5.82 Å². The molecule has 1 saturated heterocycles. The standard InChI is InChI=1S/C16H29N5O/c1-6-13-14(7-2)18-20(5)16(13)17-15(22)11-21-9-8-12(10-21)19(3)4/h12H,6-11H2,1-5H3,(H,17,22). The van der Waals surface area contributed by atoms with E-state index in [-0.39, 0.29) is 5.91 Å². The molecule has 0 saturated carbocycles. The molecule has 1 fully saturated rings. The molecule has 124 valence electrons. The average Bonchev–Trinajstić information content (AvgIpc) is 3.04. The van der Waals surface area contributed by atoms with E-state index in [1.54, 1.807) is 4.68 Å². The first-order valence-corrected chi connectivity index (χ1v) is 8.19. The summed E-state index contributed by atoms with van der Waals surface area (Å²) >= 11 is 0. The Morgan fingerprint density at radius 3 is 2.64 bits per heavy atom. The van der Waals surface area contributed by atoms with Gasteiger partial charge in [0, 0.05) is 31.7 Å². The van der Waals surface area contributed by atoms with E-state index < -0.39 is 0 Å². The van der Waals surface area contributed by atoms with Crippen LogP contribution in [0.5, 0.6) is 0 Å². The maximum absolute atomic E-state index is 12.4. The highest BCUT2D eigenvalue weighted by Gasteiger charge is 2.25. The van der Waals surface area contributed by atoms with Crippen molar-refractivity contribution in [2.45, 2.75) is 39.2 Å². The number of hydrogen-bond acceptors (Lipinski definition) is 4. The number of nitrogens with zero attached hydrogens (tertiary/aromatic N) is 4. The van der Waals surface area contributed by atoms with Crippen LogP contribution >= 0.6 is 0 Å². The fourth-order valence-electron chi connectivity index (χ4n) is 3.19. The van der Waals surface area contributed by atoms with Gasteiger partial charge in [-0.25, -0.2) is 0 Å². The number of carbonyl (C=O) groups excluding carboxylic acids is 1. The molecular formula is C16H29N5O. The van der Waals surface area contributed by atoms with Crippen molar-refractivity contribution in [1.82, 2.24) is 19.6 Å². The van der Waals surface area contributed by atoms with Crippen molar-refractivity contribution >= 4 is 11.7 Å². The molecule has 22 heavy (non-hydrogen) atoms. The highest BCUT2D eigenvalue weighted by atomic mass is 16.2. The van der Waals surface area contributed by atoms with Gasteiger partial charge < -0.3 is 10.2 Å². The lowest BCUT2D eigenvalue weighted by atomic mass is 10.1. The van der Waals surface area contributed by atoms with Crippen LogP contribution in [0.25, 0.3) is 0 Å². The molecule has 0 aliphatic carbocycles. The van der Waals surface area contributed by atoms with Gasteiger partial charge in [0.25, 0.3) is 0 Å². The number of nitrogens with one attached hydrogen (secondary N) is 1. The van der Waals surface area contributed by atoms with Gasteiger partial charge >= 0.3 is 0 Å². The van der Waals surface area contributed by atoms with Crippen molar-refractivity contribution in [2.24, 2.45) is 7.05 Å². The molecule has 1 N–H and O–H groups in total. The molecule has 2 heterocycles. The van der Waals surface area contributed by atoms with Crippen molar-refractivity contribution in [3.05, 3.63) is 11.3 Å². The lowest BCUT2D eigenvalue weighted by Crippen LogP contribution is -2.35. The zero-order valence-corrected chi connectivity index (χ0v) is 14.5. The minimum absolute atomic E-state index is 0.0553. The molecule has 1 amide bonds. The molecular weight excluding hydrogens is 278 g/mol. The van der Waals surface area contributed by atoms with Gasteiger partial charge in [0.15, 0.2) is 0 Å². The molecule has 2 rings (SSSR count). The third-order valence-electron chi connectivity index (χ3n) is 4.52. The topological polar surface area (TPSA) is 53.4 Å². The summed E-state index contributed by atoms with van der Waals surface area (Å²) in [7, 11) is 6.10. The number of carbonyl (C=O) groups is 1. The number of likely N-dealkylation sites (tertiary alicyclic amines) is 1. The second-order valence-corrected chi connectivity index (χ2v) is 6.29. The van der Waals surface area contributed by atoms with Gasteiger partial charge in [0.1, 0.15) is 5.82 Å². The Morgan fingerprint density at radius 1 is 1.36 bits per heavy atom. The molecule has 1 unspecified atom stereocenters. The summed E-state index contributed by atoms with van der Waals surface area (Å²) in [5, 5.41) is 7.56. The monoisotopic (exact) mass is 307 g/mol. The zero-order chi connectivity index (χ0) is 16.3. The fourth-order valence-corrected chi connectivity index (χ4v) is 3.19. The number of amides is 1. The molecule has 0 aromatic carbocycles. The van der Waals surface area contributed by atoms with E-state index in [1.807, 2.05) is 7.05 Å². The lowest BCUT2D eigenvalue weighted by Gasteiger charge is -2.20. The largest absolute Gasteiger partial charge is 0.310 e. The van der Waals surface area contributed by atoms with Crippen LogP contribution in [0.2, 0.25) is 0 Å². The Balaban J connectivity index is 1.97. The van der Waals surface area contributed by atoms with Crippen molar-refractivity contribution in [3.63, 3.8) is 0 Å². The Morgan fingerprint density at radius 2 is 2.09 bits per heavy atom.